The van der Waals surface area contributed by atoms with Crippen molar-refractivity contribution in [3.8, 4) is 0 Å². The molecule has 4 rings (SSSR count). The van der Waals surface area contributed by atoms with Gasteiger partial charge in [-0.2, -0.15) is 5.10 Å². The van der Waals surface area contributed by atoms with E-state index in [0.29, 0.717) is 6.04 Å². The van der Waals surface area contributed by atoms with Crippen LogP contribution in [0.5, 0.6) is 0 Å². The van der Waals surface area contributed by atoms with Gasteiger partial charge in [0.05, 0.1) is 11.3 Å². The smallest absolute Gasteiger partial charge is 0.155 e. The number of hydrogen-bond acceptors (Lipinski definition) is 4. The van der Waals surface area contributed by atoms with Crippen molar-refractivity contribution in [2.45, 2.75) is 83.4 Å². The second-order valence-electron chi connectivity index (χ2n) is 8.02. The molecule has 3 heterocycles. The van der Waals surface area contributed by atoms with E-state index in [4.69, 9.17) is 4.74 Å². The summed E-state index contributed by atoms with van der Waals surface area (Å²) in [6, 6.07) is 2.82. The average Bonchev–Trinajstić information content (AvgIpc) is 2.97. The largest absolute Gasteiger partial charge is 0.375 e. The highest BCUT2D eigenvalue weighted by Crippen LogP contribution is 2.39. The molecule has 5 nitrogen and oxygen atoms in total. The third kappa shape index (κ3) is 3.32. The van der Waals surface area contributed by atoms with Crippen LogP contribution < -0.4 is 5.32 Å². The maximum absolute atomic E-state index is 6.24. The summed E-state index contributed by atoms with van der Waals surface area (Å²) >= 11 is 0. The molecule has 25 heavy (non-hydrogen) atoms. The quantitative estimate of drug-likeness (QED) is 0.920. The first-order valence-corrected chi connectivity index (χ1v) is 9.78. The normalized spacial score (nSPS) is 24.7. The van der Waals surface area contributed by atoms with Gasteiger partial charge in [-0.25, -0.2) is 9.50 Å². The Morgan fingerprint density at radius 2 is 2.08 bits per heavy atom. The zero-order valence-corrected chi connectivity index (χ0v) is 15.7. The Labute approximate surface area is 150 Å². The molecule has 2 fully saturated rings. The van der Waals surface area contributed by atoms with Gasteiger partial charge >= 0.3 is 0 Å². The Bertz CT molecular complexity index is 742. The molecule has 0 bridgehead atoms. The van der Waals surface area contributed by atoms with Crippen molar-refractivity contribution in [3.63, 3.8) is 0 Å². The fraction of sp³-hybridized carbons (Fsp3) is 0.700. The van der Waals surface area contributed by atoms with Crippen molar-refractivity contribution in [2.24, 2.45) is 0 Å². The maximum atomic E-state index is 6.24. The maximum Gasteiger partial charge on any atom is 0.155 e. The Balaban J connectivity index is 1.49. The van der Waals surface area contributed by atoms with Crippen LogP contribution in [0.2, 0.25) is 0 Å². The van der Waals surface area contributed by atoms with E-state index in [9.17, 15) is 0 Å². The topological polar surface area (TPSA) is 51.5 Å². The van der Waals surface area contributed by atoms with Gasteiger partial charge in [0.2, 0.25) is 0 Å². The highest BCUT2D eigenvalue weighted by molar-refractivity contribution is 5.42. The lowest BCUT2D eigenvalue weighted by Crippen LogP contribution is -2.48. The Morgan fingerprint density at radius 1 is 1.28 bits per heavy atom. The van der Waals surface area contributed by atoms with Crippen molar-refractivity contribution in [1.82, 2.24) is 19.9 Å². The average molecular weight is 342 g/mol. The summed E-state index contributed by atoms with van der Waals surface area (Å²) in [6.07, 6.45) is 10.7. The summed E-state index contributed by atoms with van der Waals surface area (Å²) in [4.78, 5) is 4.60. The van der Waals surface area contributed by atoms with Gasteiger partial charge in [-0.15, -0.1) is 0 Å². The molecule has 1 aliphatic heterocycles. The molecule has 1 saturated heterocycles. The van der Waals surface area contributed by atoms with Gasteiger partial charge in [0, 0.05) is 42.2 Å². The van der Waals surface area contributed by atoms with Crippen LogP contribution in [-0.4, -0.2) is 32.8 Å². The van der Waals surface area contributed by atoms with E-state index >= 15 is 0 Å². The minimum Gasteiger partial charge on any atom is -0.375 e. The van der Waals surface area contributed by atoms with E-state index in [1.807, 2.05) is 23.7 Å². The van der Waals surface area contributed by atoms with Crippen LogP contribution in [0, 0.1) is 13.8 Å². The van der Waals surface area contributed by atoms with E-state index in [1.165, 1.54) is 43.4 Å². The summed E-state index contributed by atoms with van der Waals surface area (Å²) in [7, 11) is 0. The molecule has 2 aromatic rings. The second-order valence-corrected chi connectivity index (χ2v) is 8.02. The van der Waals surface area contributed by atoms with E-state index in [2.05, 4.69) is 29.2 Å². The van der Waals surface area contributed by atoms with Gasteiger partial charge in [-0.3, -0.25) is 0 Å². The summed E-state index contributed by atoms with van der Waals surface area (Å²) in [5.74, 6) is 0. The summed E-state index contributed by atoms with van der Waals surface area (Å²) in [5.41, 5.74) is 4.50. The molecule has 0 radical (unpaired) electrons. The van der Waals surface area contributed by atoms with Crippen LogP contribution in [0.4, 0.5) is 0 Å². The molecule has 2 aromatic heterocycles. The van der Waals surface area contributed by atoms with Crippen LogP contribution >= 0.6 is 0 Å². The lowest BCUT2D eigenvalue weighted by Gasteiger charge is -2.44. The van der Waals surface area contributed by atoms with Gasteiger partial charge in [-0.1, -0.05) is 19.3 Å². The van der Waals surface area contributed by atoms with Gasteiger partial charge in [0.1, 0.15) is 0 Å². The van der Waals surface area contributed by atoms with Crippen LogP contribution in [0.3, 0.4) is 0 Å². The minimum atomic E-state index is 0.143. The number of nitrogens with zero attached hydrogens (tertiary/aromatic N) is 3. The minimum absolute atomic E-state index is 0.143. The molecule has 1 spiro atoms. The van der Waals surface area contributed by atoms with Crippen LogP contribution in [0.1, 0.15) is 74.9 Å². The third-order valence-corrected chi connectivity index (χ3v) is 6.09. The predicted octanol–water partition coefficient (Wildman–Crippen LogP) is 3.88. The first kappa shape index (κ1) is 17.0. The van der Waals surface area contributed by atoms with E-state index < -0.39 is 0 Å². The Hall–Kier alpha value is -1.46. The standard InChI is InChI=1S/C20H30N4O/c1-14-11-19-21-13-18(16(3)24(19)23-14)15(2)22-17-7-10-25-20(12-17)8-5-4-6-9-20/h11,13,15,17,22H,4-10,12H2,1-3H3/t15-,17+/m1/s1. The zero-order chi connectivity index (χ0) is 17.4. The Morgan fingerprint density at radius 3 is 2.88 bits per heavy atom. The predicted molar refractivity (Wildman–Crippen MR) is 98.8 cm³/mol. The second kappa shape index (κ2) is 6.69. The van der Waals surface area contributed by atoms with Gasteiger partial charge in [0.15, 0.2) is 5.65 Å². The highest BCUT2D eigenvalue weighted by atomic mass is 16.5. The molecular weight excluding hydrogens is 312 g/mol. The molecule has 5 heteroatoms. The summed E-state index contributed by atoms with van der Waals surface area (Å²) in [5, 5.41) is 8.44. The van der Waals surface area contributed by atoms with Crippen molar-refractivity contribution in [3.05, 3.63) is 29.2 Å². The number of hydrogen-bond donors (Lipinski definition) is 1. The lowest BCUT2D eigenvalue weighted by atomic mass is 9.78. The monoisotopic (exact) mass is 342 g/mol. The highest BCUT2D eigenvalue weighted by Gasteiger charge is 2.38. The fourth-order valence-corrected chi connectivity index (χ4v) is 4.76. The fourth-order valence-electron chi connectivity index (χ4n) is 4.76. The summed E-state index contributed by atoms with van der Waals surface area (Å²) < 4.78 is 8.21. The van der Waals surface area contributed by atoms with Crippen molar-refractivity contribution >= 4 is 5.65 Å². The van der Waals surface area contributed by atoms with Crippen LogP contribution in [-0.2, 0) is 4.74 Å². The molecular formula is C20H30N4O. The first-order chi connectivity index (χ1) is 12.1. The zero-order valence-electron chi connectivity index (χ0n) is 15.7. The SMILES string of the molecule is Cc1cc2ncc([C@@H](C)N[C@H]3CCOC4(CCCCC4)C3)c(C)n2n1. The Kier molecular flexibility index (Phi) is 4.54. The van der Waals surface area contributed by atoms with Crippen molar-refractivity contribution < 1.29 is 4.74 Å². The van der Waals surface area contributed by atoms with Gasteiger partial charge < -0.3 is 10.1 Å². The molecule has 0 amide bonds. The first-order valence-electron chi connectivity index (χ1n) is 9.78. The lowest BCUT2D eigenvalue weighted by molar-refractivity contribution is -0.110. The summed E-state index contributed by atoms with van der Waals surface area (Å²) in [6.45, 7) is 7.29. The van der Waals surface area contributed by atoms with E-state index in [-0.39, 0.29) is 11.6 Å². The number of aromatic nitrogens is 3. The number of rotatable bonds is 3. The van der Waals surface area contributed by atoms with Crippen molar-refractivity contribution in [2.75, 3.05) is 6.61 Å². The van der Waals surface area contributed by atoms with Crippen LogP contribution in [0.15, 0.2) is 12.3 Å². The molecule has 0 unspecified atom stereocenters. The molecule has 136 valence electrons. The molecule has 1 aliphatic carbocycles. The molecule has 0 aromatic carbocycles. The van der Waals surface area contributed by atoms with Gasteiger partial charge in [0.25, 0.3) is 0 Å². The number of fused-ring (bicyclic) bond motifs is 1. The van der Waals surface area contributed by atoms with E-state index in [0.717, 1.165) is 30.8 Å². The van der Waals surface area contributed by atoms with E-state index in [1.54, 1.807) is 0 Å². The molecule has 2 atom stereocenters. The molecule has 1 N–H and O–H groups in total. The third-order valence-electron chi connectivity index (χ3n) is 6.09. The van der Waals surface area contributed by atoms with Gasteiger partial charge in [-0.05, 0) is 46.5 Å². The molecule has 1 saturated carbocycles. The van der Waals surface area contributed by atoms with Crippen LogP contribution in [0.25, 0.3) is 5.65 Å². The number of aryl methyl sites for hydroxylation is 2. The number of nitrogens with one attached hydrogen (secondary N) is 1. The van der Waals surface area contributed by atoms with Crippen molar-refractivity contribution in [1.29, 1.82) is 0 Å². The number of ether oxygens (including phenoxy) is 1. The molecule has 2 aliphatic rings.